The number of aromatic nitrogens is 2. The van der Waals surface area contributed by atoms with E-state index in [2.05, 4.69) is 15.3 Å². The summed E-state index contributed by atoms with van der Waals surface area (Å²) >= 11 is 0. The van der Waals surface area contributed by atoms with Gasteiger partial charge in [-0.1, -0.05) is 13.0 Å². The van der Waals surface area contributed by atoms with E-state index in [0.717, 1.165) is 12.1 Å². The van der Waals surface area contributed by atoms with E-state index in [1.54, 1.807) is 6.07 Å². The molecule has 2 aromatic rings. The molecule has 19 heavy (non-hydrogen) atoms. The van der Waals surface area contributed by atoms with Crippen LogP contribution in [0.15, 0.2) is 30.6 Å². The molecule has 1 N–H and O–H groups in total. The summed E-state index contributed by atoms with van der Waals surface area (Å²) in [5.74, 6) is -0.00460. The van der Waals surface area contributed by atoms with E-state index in [9.17, 15) is 4.39 Å². The standard InChI is InChI=1S/C14H16FN3O/c1-3-16-9-10-4-5-11(12(15)8-10)13-14(19-2)18-7-6-17-13/h4-8,16H,3,9H2,1-2H3. The highest BCUT2D eigenvalue weighted by atomic mass is 19.1. The number of halogens is 1. The molecule has 0 aliphatic rings. The second kappa shape index (κ2) is 6.24. The molecule has 0 amide bonds. The van der Waals surface area contributed by atoms with Crippen LogP contribution in [0.25, 0.3) is 11.3 Å². The molecule has 0 atom stereocenters. The summed E-state index contributed by atoms with van der Waals surface area (Å²) in [5.41, 5.74) is 1.70. The molecule has 0 unspecified atom stereocenters. The highest BCUT2D eigenvalue weighted by molar-refractivity contribution is 5.65. The third-order valence-corrected chi connectivity index (χ3v) is 2.73. The van der Waals surface area contributed by atoms with Crippen molar-refractivity contribution in [2.75, 3.05) is 13.7 Å². The molecule has 0 bridgehead atoms. The number of hydrogen-bond acceptors (Lipinski definition) is 4. The summed E-state index contributed by atoms with van der Waals surface area (Å²) in [6.07, 6.45) is 3.03. The molecule has 0 aliphatic heterocycles. The molecule has 0 radical (unpaired) electrons. The van der Waals surface area contributed by atoms with Gasteiger partial charge in [-0.3, -0.25) is 0 Å². The fourth-order valence-corrected chi connectivity index (χ4v) is 1.79. The minimum Gasteiger partial charge on any atom is -0.479 e. The van der Waals surface area contributed by atoms with E-state index in [1.165, 1.54) is 25.6 Å². The van der Waals surface area contributed by atoms with Crippen LogP contribution < -0.4 is 10.1 Å². The van der Waals surface area contributed by atoms with Gasteiger partial charge < -0.3 is 10.1 Å². The van der Waals surface area contributed by atoms with Gasteiger partial charge >= 0.3 is 0 Å². The molecule has 100 valence electrons. The number of nitrogens with zero attached hydrogens (tertiary/aromatic N) is 2. The van der Waals surface area contributed by atoms with Crippen molar-refractivity contribution in [2.24, 2.45) is 0 Å². The lowest BCUT2D eigenvalue weighted by Gasteiger charge is -2.08. The lowest BCUT2D eigenvalue weighted by atomic mass is 10.1. The van der Waals surface area contributed by atoms with Crippen LogP contribution in [0, 0.1) is 5.82 Å². The van der Waals surface area contributed by atoms with Gasteiger partial charge in [-0.25, -0.2) is 14.4 Å². The zero-order valence-electron chi connectivity index (χ0n) is 11.0. The molecule has 0 spiro atoms. The maximum absolute atomic E-state index is 14.1. The number of ether oxygens (including phenoxy) is 1. The Morgan fingerprint density at radius 3 is 2.74 bits per heavy atom. The van der Waals surface area contributed by atoms with Crippen molar-refractivity contribution in [2.45, 2.75) is 13.5 Å². The molecule has 5 heteroatoms. The van der Waals surface area contributed by atoms with Gasteiger partial charge in [0, 0.05) is 24.5 Å². The fourth-order valence-electron chi connectivity index (χ4n) is 1.79. The number of nitrogens with one attached hydrogen (secondary N) is 1. The molecule has 1 aromatic carbocycles. The summed E-state index contributed by atoms with van der Waals surface area (Å²) in [5, 5.41) is 3.15. The Hall–Kier alpha value is -2.01. The Bertz CT molecular complexity index is 560. The van der Waals surface area contributed by atoms with E-state index in [4.69, 9.17) is 4.74 Å². The molecule has 1 heterocycles. The van der Waals surface area contributed by atoms with Crippen LogP contribution in [0.4, 0.5) is 4.39 Å². The van der Waals surface area contributed by atoms with Crippen molar-refractivity contribution in [3.05, 3.63) is 42.0 Å². The molecule has 0 fully saturated rings. The number of methoxy groups -OCH3 is 1. The molecular weight excluding hydrogens is 245 g/mol. The van der Waals surface area contributed by atoms with Gasteiger partial charge in [0.2, 0.25) is 5.88 Å². The van der Waals surface area contributed by atoms with Crippen LogP contribution in [-0.4, -0.2) is 23.6 Å². The Morgan fingerprint density at radius 1 is 1.26 bits per heavy atom. The second-order valence-corrected chi connectivity index (χ2v) is 4.01. The van der Waals surface area contributed by atoms with Crippen molar-refractivity contribution < 1.29 is 9.13 Å². The summed E-state index contributed by atoms with van der Waals surface area (Å²) in [6, 6.07) is 5.08. The first-order valence-electron chi connectivity index (χ1n) is 6.10. The number of rotatable bonds is 5. The van der Waals surface area contributed by atoms with Crippen molar-refractivity contribution in [1.82, 2.24) is 15.3 Å². The van der Waals surface area contributed by atoms with E-state index < -0.39 is 0 Å². The van der Waals surface area contributed by atoms with Crippen LogP contribution >= 0.6 is 0 Å². The van der Waals surface area contributed by atoms with E-state index in [0.29, 0.717) is 23.7 Å². The molecule has 4 nitrogen and oxygen atoms in total. The summed E-state index contributed by atoms with van der Waals surface area (Å²) in [7, 11) is 1.49. The number of benzene rings is 1. The van der Waals surface area contributed by atoms with Gasteiger partial charge in [-0.2, -0.15) is 0 Å². The zero-order valence-corrected chi connectivity index (χ0v) is 11.0. The molecular formula is C14H16FN3O. The summed E-state index contributed by atoms with van der Waals surface area (Å²) in [4.78, 5) is 8.15. The summed E-state index contributed by atoms with van der Waals surface area (Å²) < 4.78 is 19.2. The molecule has 0 saturated carbocycles. The van der Waals surface area contributed by atoms with E-state index in [-0.39, 0.29) is 5.82 Å². The first-order chi connectivity index (χ1) is 9.26. The van der Waals surface area contributed by atoms with E-state index in [1.807, 2.05) is 13.0 Å². The first-order valence-corrected chi connectivity index (χ1v) is 6.10. The van der Waals surface area contributed by atoms with Gasteiger partial charge in [0.1, 0.15) is 11.5 Å². The second-order valence-electron chi connectivity index (χ2n) is 4.01. The predicted molar refractivity (Wildman–Crippen MR) is 71.4 cm³/mol. The molecule has 2 rings (SSSR count). The largest absolute Gasteiger partial charge is 0.479 e. The maximum Gasteiger partial charge on any atom is 0.240 e. The monoisotopic (exact) mass is 261 g/mol. The molecule has 1 aromatic heterocycles. The third-order valence-electron chi connectivity index (χ3n) is 2.73. The van der Waals surface area contributed by atoms with Crippen molar-refractivity contribution in [3.8, 4) is 17.1 Å². The molecule has 0 saturated heterocycles. The van der Waals surface area contributed by atoms with Crippen molar-refractivity contribution in [1.29, 1.82) is 0 Å². The minimum atomic E-state index is -0.325. The van der Waals surface area contributed by atoms with Gasteiger partial charge in [-0.05, 0) is 24.2 Å². The Morgan fingerprint density at radius 2 is 2.05 bits per heavy atom. The van der Waals surface area contributed by atoms with Gasteiger partial charge in [0.15, 0.2) is 0 Å². The Labute approximate surface area is 111 Å². The Kier molecular flexibility index (Phi) is 4.41. The van der Waals surface area contributed by atoms with Crippen molar-refractivity contribution in [3.63, 3.8) is 0 Å². The first kappa shape index (κ1) is 13.4. The third kappa shape index (κ3) is 3.06. The average molecular weight is 261 g/mol. The van der Waals surface area contributed by atoms with Crippen molar-refractivity contribution >= 4 is 0 Å². The SMILES string of the molecule is CCNCc1ccc(-c2nccnc2OC)c(F)c1. The number of hydrogen-bond donors (Lipinski definition) is 1. The van der Waals surface area contributed by atoms with Gasteiger partial charge in [0.25, 0.3) is 0 Å². The van der Waals surface area contributed by atoms with Crippen LogP contribution in [0.1, 0.15) is 12.5 Å². The maximum atomic E-state index is 14.1. The summed E-state index contributed by atoms with van der Waals surface area (Å²) in [6.45, 7) is 3.50. The topological polar surface area (TPSA) is 47.0 Å². The zero-order chi connectivity index (χ0) is 13.7. The lowest BCUT2D eigenvalue weighted by molar-refractivity contribution is 0.397. The molecule has 0 aliphatic carbocycles. The van der Waals surface area contributed by atoms with Crippen LogP contribution in [0.5, 0.6) is 5.88 Å². The average Bonchev–Trinajstić information content (AvgIpc) is 2.45. The normalized spacial score (nSPS) is 10.5. The quantitative estimate of drug-likeness (QED) is 0.897. The van der Waals surface area contributed by atoms with Gasteiger partial charge in [0.05, 0.1) is 7.11 Å². The smallest absolute Gasteiger partial charge is 0.240 e. The highest BCUT2D eigenvalue weighted by Gasteiger charge is 2.13. The predicted octanol–water partition coefficient (Wildman–Crippen LogP) is 2.40. The van der Waals surface area contributed by atoms with Crippen LogP contribution in [0.2, 0.25) is 0 Å². The van der Waals surface area contributed by atoms with E-state index >= 15 is 0 Å². The highest BCUT2D eigenvalue weighted by Crippen LogP contribution is 2.27. The van der Waals surface area contributed by atoms with Crippen LogP contribution in [-0.2, 0) is 6.54 Å². The van der Waals surface area contributed by atoms with Crippen LogP contribution in [0.3, 0.4) is 0 Å². The van der Waals surface area contributed by atoms with Gasteiger partial charge in [-0.15, -0.1) is 0 Å². The minimum absolute atomic E-state index is 0.320. The lowest BCUT2D eigenvalue weighted by Crippen LogP contribution is -2.11. The fraction of sp³-hybridized carbons (Fsp3) is 0.286. The Balaban J connectivity index is 2.35.